The molecule has 0 spiro atoms. The summed E-state index contributed by atoms with van der Waals surface area (Å²) in [6.07, 6.45) is 3.12. The second-order valence-electron chi connectivity index (χ2n) is 2.42. The Kier molecular flexibility index (Phi) is 1.91. The van der Waals surface area contributed by atoms with Crippen molar-refractivity contribution < 1.29 is 4.74 Å². The third-order valence-electron chi connectivity index (χ3n) is 1.63. The van der Waals surface area contributed by atoms with Crippen LogP contribution in [0.15, 0.2) is 24.7 Å². The van der Waals surface area contributed by atoms with E-state index in [2.05, 4.69) is 20.2 Å². The van der Waals surface area contributed by atoms with Gasteiger partial charge in [-0.15, -0.1) is 0 Å². The summed E-state index contributed by atoms with van der Waals surface area (Å²) >= 11 is 0. The molecule has 2 aromatic rings. The molecule has 0 aliphatic carbocycles. The second kappa shape index (κ2) is 3.22. The molecule has 0 amide bonds. The average molecular weight is 176 g/mol. The highest BCUT2D eigenvalue weighted by Gasteiger charge is 2.01. The Hall–Kier alpha value is -1.91. The zero-order valence-electron chi connectivity index (χ0n) is 7.06. The van der Waals surface area contributed by atoms with Crippen LogP contribution in [0.4, 0.5) is 0 Å². The van der Waals surface area contributed by atoms with Crippen LogP contribution in [0.3, 0.4) is 0 Å². The van der Waals surface area contributed by atoms with Crippen molar-refractivity contribution in [3.05, 3.63) is 24.7 Å². The molecule has 0 radical (unpaired) electrons. The maximum atomic E-state index is 4.98. The number of pyridine rings is 1. The number of nitrogens with one attached hydrogen (secondary N) is 1. The fraction of sp³-hybridized carbons (Fsp3) is 0.125. The Morgan fingerprint density at radius 2 is 2.31 bits per heavy atom. The average Bonchev–Trinajstić information content (AvgIpc) is 2.71. The van der Waals surface area contributed by atoms with Crippen molar-refractivity contribution in [3.63, 3.8) is 0 Å². The first-order valence-corrected chi connectivity index (χ1v) is 3.76. The molecule has 0 saturated heterocycles. The van der Waals surface area contributed by atoms with Crippen LogP contribution < -0.4 is 4.74 Å². The first-order valence-electron chi connectivity index (χ1n) is 3.76. The van der Waals surface area contributed by atoms with Crippen LogP contribution in [0, 0.1) is 0 Å². The highest BCUT2D eigenvalue weighted by Crippen LogP contribution is 2.16. The largest absolute Gasteiger partial charge is 0.481 e. The molecule has 2 rings (SSSR count). The first kappa shape index (κ1) is 7.72. The van der Waals surface area contributed by atoms with Gasteiger partial charge in [-0.2, -0.15) is 5.10 Å². The molecule has 2 heterocycles. The maximum Gasteiger partial charge on any atom is 0.213 e. The summed E-state index contributed by atoms with van der Waals surface area (Å²) < 4.78 is 4.98. The highest BCUT2D eigenvalue weighted by atomic mass is 16.5. The van der Waals surface area contributed by atoms with Crippen LogP contribution in [0.2, 0.25) is 0 Å². The number of nitrogens with zero attached hydrogens (tertiary/aromatic N) is 3. The van der Waals surface area contributed by atoms with Crippen molar-refractivity contribution in [2.45, 2.75) is 0 Å². The Balaban J connectivity index is 2.41. The molecule has 0 aliphatic rings. The topological polar surface area (TPSA) is 63.7 Å². The summed E-state index contributed by atoms with van der Waals surface area (Å²) in [7, 11) is 1.58. The molecule has 0 fully saturated rings. The lowest BCUT2D eigenvalue weighted by atomic mass is 10.2. The van der Waals surface area contributed by atoms with Gasteiger partial charge in [0.25, 0.3) is 0 Å². The number of H-pyrrole nitrogens is 1. The summed E-state index contributed by atoms with van der Waals surface area (Å²) in [5.74, 6) is 1.27. The van der Waals surface area contributed by atoms with E-state index in [0.717, 1.165) is 5.56 Å². The van der Waals surface area contributed by atoms with Crippen molar-refractivity contribution in [1.29, 1.82) is 0 Å². The lowest BCUT2D eigenvalue weighted by Gasteiger charge is -1.99. The van der Waals surface area contributed by atoms with Gasteiger partial charge in [0, 0.05) is 17.8 Å². The van der Waals surface area contributed by atoms with Gasteiger partial charge in [-0.3, -0.25) is 5.10 Å². The Bertz CT molecular complexity index is 385. The quantitative estimate of drug-likeness (QED) is 0.737. The van der Waals surface area contributed by atoms with Crippen molar-refractivity contribution in [2.75, 3.05) is 7.11 Å². The lowest BCUT2D eigenvalue weighted by Crippen LogP contribution is -1.88. The smallest absolute Gasteiger partial charge is 0.213 e. The Labute approximate surface area is 74.8 Å². The molecule has 0 aromatic carbocycles. The van der Waals surface area contributed by atoms with E-state index in [9.17, 15) is 0 Å². The minimum Gasteiger partial charge on any atom is -0.481 e. The van der Waals surface area contributed by atoms with Crippen molar-refractivity contribution in [1.82, 2.24) is 20.2 Å². The van der Waals surface area contributed by atoms with E-state index in [0.29, 0.717) is 11.7 Å². The van der Waals surface area contributed by atoms with Crippen LogP contribution in [0.1, 0.15) is 0 Å². The Morgan fingerprint density at radius 1 is 1.38 bits per heavy atom. The van der Waals surface area contributed by atoms with Crippen LogP contribution in [0.5, 0.6) is 5.88 Å². The van der Waals surface area contributed by atoms with Gasteiger partial charge in [0.05, 0.1) is 7.11 Å². The molecule has 5 heteroatoms. The fourth-order valence-corrected chi connectivity index (χ4v) is 1.01. The van der Waals surface area contributed by atoms with E-state index in [1.54, 1.807) is 19.4 Å². The second-order valence-corrected chi connectivity index (χ2v) is 2.42. The zero-order valence-corrected chi connectivity index (χ0v) is 7.06. The molecule has 0 bridgehead atoms. The number of methoxy groups -OCH3 is 1. The lowest BCUT2D eigenvalue weighted by molar-refractivity contribution is 0.398. The number of aromatic nitrogens is 4. The summed E-state index contributed by atoms with van der Waals surface area (Å²) in [6, 6.07) is 3.63. The van der Waals surface area contributed by atoms with Gasteiger partial charge < -0.3 is 4.74 Å². The maximum absolute atomic E-state index is 4.98. The van der Waals surface area contributed by atoms with Gasteiger partial charge in [0.15, 0.2) is 5.82 Å². The molecule has 0 unspecified atom stereocenters. The molecule has 0 aliphatic heterocycles. The molecule has 2 aromatic heterocycles. The van der Waals surface area contributed by atoms with Crippen LogP contribution in [0.25, 0.3) is 11.4 Å². The van der Waals surface area contributed by atoms with Gasteiger partial charge in [0.1, 0.15) is 6.33 Å². The Morgan fingerprint density at radius 3 is 3.00 bits per heavy atom. The number of hydrogen-bond donors (Lipinski definition) is 1. The van der Waals surface area contributed by atoms with Gasteiger partial charge >= 0.3 is 0 Å². The molecule has 66 valence electrons. The van der Waals surface area contributed by atoms with Gasteiger partial charge in [-0.25, -0.2) is 9.97 Å². The summed E-state index contributed by atoms with van der Waals surface area (Å²) in [5, 5.41) is 6.52. The van der Waals surface area contributed by atoms with E-state index in [1.165, 1.54) is 6.33 Å². The first-order chi connectivity index (χ1) is 6.40. The molecular weight excluding hydrogens is 168 g/mol. The standard InChI is InChI=1S/C8H8N4O/c1-13-7-4-6(2-3-9-7)8-10-5-11-12-8/h2-5H,1H3,(H,10,11,12). The van der Waals surface area contributed by atoms with Gasteiger partial charge in [-0.1, -0.05) is 0 Å². The SMILES string of the molecule is COc1cc(-c2ncn[nH]2)ccn1. The van der Waals surface area contributed by atoms with E-state index in [1.807, 2.05) is 6.07 Å². The highest BCUT2D eigenvalue weighted by molar-refractivity contribution is 5.54. The van der Waals surface area contributed by atoms with Gasteiger partial charge in [-0.05, 0) is 6.07 Å². The minimum absolute atomic E-state index is 0.564. The van der Waals surface area contributed by atoms with Crippen LogP contribution in [-0.2, 0) is 0 Å². The molecular formula is C8H8N4O. The van der Waals surface area contributed by atoms with E-state index in [4.69, 9.17) is 4.74 Å². The zero-order chi connectivity index (χ0) is 9.10. The molecule has 13 heavy (non-hydrogen) atoms. The monoisotopic (exact) mass is 176 g/mol. The molecule has 0 atom stereocenters. The van der Waals surface area contributed by atoms with Crippen molar-refractivity contribution >= 4 is 0 Å². The van der Waals surface area contributed by atoms with Crippen LogP contribution >= 0.6 is 0 Å². The number of ether oxygens (including phenoxy) is 1. The van der Waals surface area contributed by atoms with E-state index < -0.39 is 0 Å². The number of hydrogen-bond acceptors (Lipinski definition) is 4. The third-order valence-corrected chi connectivity index (χ3v) is 1.63. The predicted molar refractivity (Wildman–Crippen MR) is 46.2 cm³/mol. The normalized spacial score (nSPS) is 9.92. The summed E-state index contributed by atoms with van der Waals surface area (Å²) in [6.45, 7) is 0. The molecule has 0 saturated carbocycles. The fourth-order valence-electron chi connectivity index (χ4n) is 1.01. The predicted octanol–water partition coefficient (Wildman–Crippen LogP) is 0.875. The molecule has 1 N–H and O–H groups in total. The number of rotatable bonds is 2. The summed E-state index contributed by atoms with van der Waals surface area (Å²) in [5.41, 5.74) is 0.907. The van der Waals surface area contributed by atoms with E-state index >= 15 is 0 Å². The van der Waals surface area contributed by atoms with Gasteiger partial charge in [0.2, 0.25) is 5.88 Å². The number of aromatic amines is 1. The van der Waals surface area contributed by atoms with Crippen molar-refractivity contribution in [2.24, 2.45) is 0 Å². The summed E-state index contributed by atoms with van der Waals surface area (Å²) in [4.78, 5) is 8.00. The minimum atomic E-state index is 0.564. The van der Waals surface area contributed by atoms with E-state index in [-0.39, 0.29) is 0 Å². The van der Waals surface area contributed by atoms with Crippen LogP contribution in [-0.4, -0.2) is 27.3 Å². The molecule has 5 nitrogen and oxygen atoms in total. The third kappa shape index (κ3) is 1.48. The van der Waals surface area contributed by atoms with Crippen molar-refractivity contribution in [3.8, 4) is 17.3 Å².